The van der Waals surface area contributed by atoms with Crippen molar-refractivity contribution < 1.29 is 14.6 Å². The summed E-state index contributed by atoms with van der Waals surface area (Å²) in [6.07, 6.45) is 2.28. The largest absolute Gasteiger partial charge is 0.444 e. The number of nitrogens with zero attached hydrogens (tertiary/aromatic N) is 1. The second-order valence-electron chi connectivity index (χ2n) is 6.40. The monoisotopic (exact) mass is 256 g/mol. The smallest absolute Gasteiger partial charge is 0.410 e. The van der Waals surface area contributed by atoms with Crippen molar-refractivity contribution in [2.75, 3.05) is 13.1 Å². The van der Waals surface area contributed by atoms with E-state index in [1.54, 1.807) is 4.90 Å². The molecule has 2 fully saturated rings. The van der Waals surface area contributed by atoms with Crippen LogP contribution in [0.15, 0.2) is 0 Å². The third-order valence-corrected chi connectivity index (χ3v) is 3.42. The minimum Gasteiger partial charge on any atom is -0.444 e. The van der Waals surface area contributed by atoms with Crippen molar-refractivity contribution >= 4 is 6.09 Å². The summed E-state index contributed by atoms with van der Waals surface area (Å²) < 4.78 is 5.35. The lowest BCUT2D eigenvalue weighted by Gasteiger charge is -2.34. The SMILES string of the molecule is CC(C)(C)OC(=O)N1CCC(NC2CC(O)C2)C1. The molecule has 1 atom stereocenters. The Morgan fingerprint density at radius 3 is 2.56 bits per heavy atom. The molecule has 1 unspecified atom stereocenters. The van der Waals surface area contributed by atoms with E-state index in [0.717, 1.165) is 25.8 Å². The summed E-state index contributed by atoms with van der Waals surface area (Å²) >= 11 is 0. The van der Waals surface area contributed by atoms with Gasteiger partial charge in [-0.25, -0.2) is 4.79 Å². The maximum Gasteiger partial charge on any atom is 0.410 e. The Hall–Kier alpha value is -0.810. The molecule has 0 bridgehead atoms. The summed E-state index contributed by atoms with van der Waals surface area (Å²) in [5, 5.41) is 12.7. The summed E-state index contributed by atoms with van der Waals surface area (Å²) in [6, 6.07) is 0.763. The van der Waals surface area contributed by atoms with Crippen molar-refractivity contribution in [3.8, 4) is 0 Å². The van der Waals surface area contributed by atoms with Gasteiger partial charge < -0.3 is 20.1 Å². The van der Waals surface area contributed by atoms with E-state index >= 15 is 0 Å². The predicted molar refractivity (Wildman–Crippen MR) is 68.4 cm³/mol. The van der Waals surface area contributed by atoms with Crippen LogP contribution >= 0.6 is 0 Å². The van der Waals surface area contributed by atoms with Crippen LogP contribution in [0.3, 0.4) is 0 Å². The van der Waals surface area contributed by atoms with E-state index in [2.05, 4.69) is 5.32 Å². The van der Waals surface area contributed by atoms with Crippen molar-refractivity contribution in [3.05, 3.63) is 0 Å². The van der Waals surface area contributed by atoms with Gasteiger partial charge in [-0.05, 0) is 40.0 Å². The molecule has 0 aromatic heterocycles. The number of hydrogen-bond acceptors (Lipinski definition) is 4. The van der Waals surface area contributed by atoms with Crippen LogP contribution in [0.5, 0.6) is 0 Å². The topological polar surface area (TPSA) is 61.8 Å². The quantitative estimate of drug-likeness (QED) is 0.777. The highest BCUT2D eigenvalue weighted by molar-refractivity contribution is 5.68. The fraction of sp³-hybridized carbons (Fsp3) is 0.923. The molecule has 0 aromatic carbocycles. The van der Waals surface area contributed by atoms with E-state index in [1.807, 2.05) is 20.8 Å². The number of nitrogens with one attached hydrogen (secondary N) is 1. The molecule has 1 aliphatic carbocycles. The van der Waals surface area contributed by atoms with Gasteiger partial charge in [0.1, 0.15) is 5.60 Å². The van der Waals surface area contributed by atoms with Gasteiger partial charge in [0, 0.05) is 25.2 Å². The van der Waals surface area contributed by atoms with Crippen LogP contribution in [-0.4, -0.2) is 53.0 Å². The van der Waals surface area contributed by atoms with Gasteiger partial charge in [-0.15, -0.1) is 0 Å². The molecule has 5 nitrogen and oxygen atoms in total. The Balaban J connectivity index is 1.72. The summed E-state index contributed by atoms with van der Waals surface area (Å²) in [6.45, 7) is 7.11. The van der Waals surface area contributed by atoms with Gasteiger partial charge in [-0.1, -0.05) is 0 Å². The number of carbonyl (C=O) groups excluding carboxylic acids is 1. The molecule has 1 aliphatic heterocycles. The average molecular weight is 256 g/mol. The first-order valence-corrected chi connectivity index (χ1v) is 6.75. The molecule has 2 rings (SSSR count). The first-order valence-electron chi connectivity index (χ1n) is 6.75. The molecule has 104 valence electrons. The third kappa shape index (κ3) is 3.59. The van der Waals surface area contributed by atoms with Crippen LogP contribution in [0, 0.1) is 0 Å². The Bertz CT molecular complexity index is 308. The van der Waals surface area contributed by atoms with Crippen LogP contribution in [0.2, 0.25) is 0 Å². The summed E-state index contributed by atoms with van der Waals surface area (Å²) in [4.78, 5) is 13.6. The van der Waals surface area contributed by atoms with E-state index in [-0.39, 0.29) is 12.2 Å². The summed E-state index contributed by atoms with van der Waals surface area (Å²) in [5.74, 6) is 0. The second-order valence-corrected chi connectivity index (χ2v) is 6.40. The van der Waals surface area contributed by atoms with Gasteiger partial charge in [-0.2, -0.15) is 0 Å². The van der Waals surface area contributed by atoms with Crippen molar-refractivity contribution in [1.82, 2.24) is 10.2 Å². The van der Waals surface area contributed by atoms with Crippen LogP contribution in [0.4, 0.5) is 4.79 Å². The highest BCUT2D eigenvalue weighted by atomic mass is 16.6. The number of aliphatic hydroxyl groups excluding tert-OH is 1. The molecule has 1 heterocycles. The van der Waals surface area contributed by atoms with Gasteiger partial charge in [0.15, 0.2) is 0 Å². The molecule has 2 N–H and O–H groups in total. The molecule has 2 aliphatic rings. The van der Waals surface area contributed by atoms with Crippen LogP contribution in [0.1, 0.15) is 40.0 Å². The van der Waals surface area contributed by atoms with Crippen LogP contribution in [-0.2, 0) is 4.74 Å². The fourth-order valence-corrected chi connectivity index (χ4v) is 2.45. The number of ether oxygens (including phenoxy) is 1. The molecule has 0 radical (unpaired) electrons. The zero-order chi connectivity index (χ0) is 13.3. The van der Waals surface area contributed by atoms with Gasteiger partial charge >= 0.3 is 6.09 Å². The lowest BCUT2D eigenvalue weighted by Crippen LogP contribution is -2.49. The summed E-state index contributed by atoms with van der Waals surface area (Å²) in [5.41, 5.74) is -0.430. The molecular formula is C13H24N2O3. The number of hydrogen-bond donors (Lipinski definition) is 2. The molecular weight excluding hydrogens is 232 g/mol. The Labute approximate surface area is 108 Å². The number of carbonyl (C=O) groups is 1. The van der Waals surface area contributed by atoms with Crippen LogP contribution in [0.25, 0.3) is 0 Å². The van der Waals surface area contributed by atoms with Gasteiger partial charge in [-0.3, -0.25) is 0 Å². The molecule has 1 amide bonds. The van der Waals surface area contributed by atoms with Gasteiger partial charge in [0.25, 0.3) is 0 Å². The highest BCUT2D eigenvalue weighted by Crippen LogP contribution is 2.22. The third-order valence-electron chi connectivity index (χ3n) is 3.42. The van der Waals surface area contributed by atoms with Gasteiger partial charge in [0.2, 0.25) is 0 Å². The minimum atomic E-state index is -0.430. The maximum absolute atomic E-state index is 11.9. The first kappa shape index (κ1) is 13.6. The zero-order valence-electron chi connectivity index (χ0n) is 11.5. The number of likely N-dealkylation sites (tertiary alicyclic amines) is 1. The van der Waals surface area contributed by atoms with E-state index in [0.29, 0.717) is 18.6 Å². The van der Waals surface area contributed by atoms with Crippen molar-refractivity contribution in [2.45, 2.75) is 63.8 Å². The molecule has 1 saturated heterocycles. The lowest BCUT2D eigenvalue weighted by atomic mass is 9.89. The van der Waals surface area contributed by atoms with E-state index < -0.39 is 5.60 Å². The standard InChI is InChI=1S/C13H24N2O3/c1-13(2,3)18-12(17)15-5-4-9(8-15)14-10-6-11(16)7-10/h9-11,14,16H,4-8H2,1-3H3. The highest BCUT2D eigenvalue weighted by Gasteiger charge is 2.34. The number of aliphatic hydroxyl groups is 1. The second kappa shape index (κ2) is 5.05. The lowest BCUT2D eigenvalue weighted by molar-refractivity contribution is 0.0280. The Morgan fingerprint density at radius 1 is 1.33 bits per heavy atom. The van der Waals surface area contributed by atoms with E-state index in [9.17, 15) is 9.90 Å². The normalized spacial score (nSPS) is 32.2. The Morgan fingerprint density at radius 2 is 2.00 bits per heavy atom. The minimum absolute atomic E-state index is 0.133. The van der Waals surface area contributed by atoms with Crippen molar-refractivity contribution in [2.24, 2.45) is 0 Å². The van der Waals surface area contributed by atoms with Crippen LogP contribution < -0.4 is 5.32 Å². The van der Waals surface area contributed by atoms with E-state index in [1.165, 1.54) is 0 Å². The van der Waals surface area contributed by atoms with Crippen molar-refractivity contribution in [1.29, 1.82) is 0 Å². The van der Waals surface area contributed by atoms with Crippen molar-refractivity contribution in [3.63, 3.8) is 0 Å². The maximum atomic E-state index is 11.9. The fourth-order valence-electron chi connectivity index (χ4n) is 2.45. The molecule has 18 heavy (non-hydrogen) atoms. The van der Waals surface area contributed by atoms with E-state index in [4.69, 9.17) is 4.74 Å². The molecule has 5 heteroatoms. The number of rotatable bonds is 2. The number of amides is 1. The Kier molecular flexibility index (Phi) is 3.82. The molecule has 0 aromatic rings. The van der Waals surface area contributed by atoms with Gasteiger partial charge in [0.05, 0.1) is 6.10 Å². The first-order chi connectivity index (χ1) is 8.33. The molecule has 0 spiro atoms. The summed E-state index contributed by atoms with van der Waals surface area (Å²) in [7, 11) is 0. The molecule has 1 saturated carbocycles. The zero-order valence-corrected chi connectivity index (χ0v) is 11.5. The average Bonchev–Trinajstić information content (AvgIpc) is 2.61. The predicted octanol–water partition coefficient (Wildman–Crippen LogP) is 1.11.